The highest BCUT2D eigenvalue weighted by Gasteiger charge is 2.02. The summed E-state index contributed by atoms with van der Waals surface area (Å²) in [5.41, 5.74) is 7.74. The molecule has 0 saturated heterocycles. The van der Waals surface area contributed by atoms with Crippen molar-refractivity contribution in [1.82, 2.24) is 0 Å². The van der Waals surface area contributed by atoms with Crippen molar-refractivity contribution in [2.45, 2.75) is 13.3 Å². The number of nitrogens with two attached hydrogens (primary N) is 1. The van der Waals surface area contributed by atoms with Crippen molar-refractivity contribution >= 4 is 0 Å². The Labute approximate surface area is 84.1 Å². The topological polar surface area (TPSA) is 59.0 Å². The zero-order valence-corrected chi connectivity index (χ0v) is 8.29. The maximum absolute atomic E-state index is 8.40. The quantitative estimate of drug-likeness (QED) is 0.780. The van der Waals surface area contributed by atoms with Gasteiger partial charge in [-0.25, -0.2) is 0 Å². The Kier molecular flexibility index (Phi) is 3.96. The van der Waals surface area contributed by atoms with Crippen LogP contribution in [0.1, 0.15) is 11.1 Å². The van der Waals surface area contributed by atoms with Crippen LogP contribution in [-0.4, -0.2) is 13.2 Å². The normalized spacial score (nSPS) is 9.50. The molecule has 0 saturated carbocycles. The number of nitrogens with zero attached hydrogens (tertiary/aromatic N) is 1. The highest BCUT2D eigenvalue weighted by atomic mass is 16.5. The number of benzene rings is 1. The molecule has 0 fully saturated rings. The van der Waals surface area contributed by atoms with Gasteiger partial charge in [0.2, 0.25) is 0 Å². The van der Waals surface area contributed by atoms with Crippen LogP contribution in [0.4, 0.5) is 0 Å². The first-order valence-electron chi connectivity index (χ1n) is 4.57. The molecule has 14 heavy (non-hydrogen) atoms. The molecule has 0 aliphatic rings. The summed E-state index contributed by atoms with van der Waals surface area (Å²) in [5.74, 6) is 0.766. The van der Waals surface area contributed by atoms with Crippen LogP contribution in [0.5, 0.6) is 5.75 Å². The molecule has 0 bridgehead atoms. The van der Waals surface area contributed by atoms with Crippen LogP contribution >= 0.6 is 0 Å². The van der Waals surface area contributed by atoms with Crippen molar-refractivity contribution in [2.24, 2.45) is 5.73 Å². The predicted molar refractivity (Wildman–Crippen MR) is 55.0 cm³/mol. The van der Waals surface area contributed by atoms with E-state index in [4.69, 9.17) is 15.7 Å². The van der Waals surface area contributed by atoms with E-state index in [9.17, 15) is 0 Å². The molecule has 0 spiro atoms. The first-order valence-corrected chi connectivity index (χ1v) is 4.57. The molecule has 3 nitrogen and oxygen atoms in total. The van der Waals surface area contributed by atoms with Gasteiger partial charge >= 0.3 is 0 Å². The van der Waals surface area contributed by atoms with Crippen molar-refractivity contribution < 1.29 is 4.74 Å². The first kappa shape index (κ1) is 10.6. The van der Waals surface area contributed by atoms with E-state index >= 15 is 0 Å². The second-order valence-corrected chi connectivity index (χ2v) is 3.10. The molecular formula is C11H14N2O. The van der Waals surface area contributed by atoms with E-state index in [2.05, 4.69) is 0 Å². The van der Waals surface area contributed by atoms with Crippen LogP contribution in [0, 0.1) is 18.3 Å². The van der Waals surface area contributed by atoms with Crippen molar-refractivity contribution in [3.8, 4) is 11.8 Å². The van der Waals surface area contributed by atoms with Crippen molar-refractivity contribution in [3.05, 3.63) is 29.3 Å². The summed E-state index contributed by atoms with van der Waals surface area (Å²) in [5, 5.41) is 8.40. The Bertz CT molecular complexity index is 342. The fourth-order valence-electron chi connectivity index (χ4n) is 1.31. The van der Waals surface area contributed by atoms with Gasteiger partial charge in [0.1, 0.15) is 11.8 Å². The van der Waals surface area contributed by atoms with Crippen molar-refractivity contribution in [2.75, 3.05) is 13.2 Å². The van der Waals surface area contributed by atoms with Gasteiger partial charge in [0.25, 0.3) is 0 Å². The van der Waals surface area contributed by atoms with Crippen LogP contribution in [0.25, 0.3) is 0 Å². The first-order chi connectivity index (χ1) is 6.77. The lowest BCUT2D eigenvalue weighted by molar-refractivity contribution is 0.364. The molecular weight excluding hydrogens is 176 g/mol. The molecule has 1 aromatic rings. The molecule has 74 valence electrons. The minimum atomic E-state index is 0.0840. The number of hydrogen-bond acceptors (Lipinski definition) is 3. The van der Waals surface area contributed by atoms with Crippen LogP contribution in [0.15, 0.2) is 18.2 Å². The van der Waals surface area contributed by atoms with Crippen molar-refractivity contribution in [1.29, 1.82) is 5.26 Å². The summed E-state index contributed by atoms with van der Waals surface area (Å²) in [7, 11) is 0. The van der Waals surface area contributed by atoms with Crippen LogP contribution in [0.2, 0.25) is 0 Å². The van der Waals surface area contributed by atoms with E-state index in [-0.39, 0.29) is 6.61 Å². The van der Waals surface area contributed by atoms with Gasteiger partial charge in [0.05, 0.1) is 0 Å². The van der Waals surface area contributed by atoms with Gasteiger partial charge in [-0.05, 0) is 31.5 Å². The second kappa shape index (κ2) is 5.25. The SMILES string of the molecule is Cc1ccc(OCC#N)c(CCN)c1. The van der Waals surface area contributed by atoms with Gasteiger partial charge in [-0.1, -0.05) is 17.7 Å². The lowest BCUT2D eigenvalue weighted by atomic mass is 10.1. The van der Waals surface area contributed by atoms with E-state index in [0.29, 0.717) is 6.54 Å². The third-order valence-corrected chi connectivity index (χ3v) is 1.92. The number of nitriles is 1. The minimum absolute atomic E-state index is 0.0840. The molecule has 0 heterocycles. The van der Waals surface area contributed by atoms with Gasteiger partial charge in [-0.3, -0.25) is 0 Å². The van der Waals surface area contributed by atoms with E-state index in [1.807, 2.05) is 31.2 Å². The van der Waals surface area contributed by atoms with Crippen LogP contribution in [0.3, 0.4) is 0 Å². The smallest absolute Gasteiger partial charge is 0.174 e. The van der Waals surface area contributed by atoms with Gasteiger partial charge < -0.3 is 10.5 Å². The molecule has 0 aromatic heterocycles. The summed E-state index contributed by atoms with van der Waals surface area (Å²) < 4.78 is 5.28. The average Bonchev–Trinajstić information content (AvgIpc) is 2.17. The molecule has 0 radical (unpaired) electrons. The van der Waals surface area contributed by atoms with E-state index < -0.39 is 0 Å². The van der Waals surface area contributed by atoms with E-state index in [0.717, 1.165) is 17.7 Å². The largest absolute Gasteiger partial charge is 0.478 e. The summed E-state index contributed by atoms with van der Waals surface area (Å²) in [6.07, 6.45) is 0.780. The molecule has 1 aromatic carbocycles. The lowest BCUT2D eigenvalue weighted by Gasteiger charge is -2.09. The second-order valence-electron chi connectivity index (χ2n) is 3.10. The lowest BCUT2D eigenvalue weighted by Crippen LogP contribution is -2.05. The monoisotopic (exact) mass is 190 g/mol. The summed E-state index contributed by atoms with van der Waals surface area (Å²) in [6, 6.07) is 7.84. The third kappa shape index (κ3) is 2.75. The highest BCUT2D eigenvalue weighted by molar-refractivity contribution is 5.37. The number of hydrogen-bond donors (Lipinski definition) is 1. The fraction of sp³-hybridized carbons (Fsp3) is 0.364. The standard InChI is InChI=1S/C11H14N2O/c1-9-2-3-11(14-7-6-13)10(8-9)4-5-12/h2-3,8H,4-5,7,12H2,1H3. The minimum Gasteiger partial charge on any atom is -0.478 e. The van der Waals surface area contributed by atoms with Gasteiger partial charge in [0, 0.05) is 0 Å². The van der Waals surface area contributed by atoms with E-state index in [1.54, 1.807) is 0 Å². The molecule has 0 aliphatic carbocycles. The maximum Gasteiger partial charge on any atom is 0.174 e. The van der Waals surface area contributed by atoms with Gasteiger partial charge in [0.15, 0.2) is 6.61 Å². The molecule has 1 rings (SSSR count). The summed E-state index contributed by atoms with van der Waals surface area (Å²) >= 11 is 0. The van der Waals surface area contributed by atoms with Gasteiger partial charge in [-0.15, -0.1) is 0 Å². The average molecular weight is 190 g/mol. The Hall–Kier alpha value is -1.53. The fourth-order valence-corrected chi connectivity index (χ4v) is 1.31. The molecule has 2 N–H and O–H groups in total. The van der Waals surface area contributed by atoms with Gasteiger partial charge in [-0.2, -0.15) is 5.26 Å². The molecule has 0 atom stereocenters. The summed E-state index contributed by atoms with van der Waals surface area (Å²) in [6.45, 7) is 2.70. The Balaban J connectivity index is 2.85. The molecule has 3 heteroatoms. The van der Waals surface area contributed by atoms with Crippen LogP contribution < -0.4 is 10.5 Å². The summed E-state index contributed by atoms with van der Waals surface area (Å²) in [4.78, 5) is 0. The Morgan fingerprint density at radius 2 is 2.29 bits per heavy atom. The zero-order chi connectivity index (χ0) is 10.4. The molecule has 0 aliphatic heterocycles. The molecule has 0 unspecified atom stereocenters. The number of ether oxygens (including phenoxy) is 1. The number of rotatable bonds is 4. The number of aryl methyl sites for hydroxylation is 1. The predicted octanol–water partition coefficient (Wildman–Crippen LogP) is 1.40. The Morgan fingerprint density at radius 1 is 1.50 bits per heavy atom. The van der Waals surface area contributed by atoms with E-state index in [1.165, 1.54) is 5.56 Å². The van der Waals surface area contributed by atoms with Crippen LogP contribution in [-0.2, 0) is 6.42 Å². The zero-order valence-electron chi connectivity index (χ0n) is 8.29. The molecule has 0 amide bonds. The third-order valence-electron chi connectivity index (χ3n) is 1.92. The highest BCUT2D eigenvalue weighted by Crippen LogP contribution is 2.20. The maximum atomic E-state index is 8.40. The van der Waals surface area contributed by atoms with Crippen molar-refractivity contribution in [3.63, 3.8) is 0 Å². The Morgan fingerprint density at radius 3 is 2.93 bits per heavy atom.